The predicted octanol–water partition coefficient (Wildman–Crippen LogP) is 5.81. The first-order valence-electron chi connectivity index (χ1n) is 8.98. The van der Waals surface area contributed by atoms with Crippen molar-refractivity contribution in [1.82, 2.24) is 5.32 Å². The molecule has 0 radical (unpaired) electrons. The average molecular weight is 421 g/mol. The molecule has 4 rings (SSSR count). The van der Waals surface area contributed by atoms with Crippen LogP contribution in [0.3, 0.4) is 0 Å². The Morgan fingerprint density at radius 2 is 1.79 bits per heavy atom. The van der Waals surface area contributed by atoms with Gasteiger partial charge in [0, 0.05) is 10.6 Å². The average Bonchev–Trinajstić information content (AvgIpc) is 3.07. The Hall–Kier alpha value is -3.02. The van der Waals surface area contributed by atoms with Crippen molar-refractivity contribution < 1.29 is 9.53 Å². The summed E-state index contributed by atoms with van der Waals surface area (Å²) >= 11 is 7.49. The molecule has 1 aliphatic rings. The molecule has 6 heteroatoms. The number of para-hydroxylation sites is 1. The van der Waals surface area contributed by atoms with Gasteiger partial charge in [0.25, 0.3) is 5.91 Å². The lowest BCUT2D eigenvalue weighted by atomic mass is 10.2. The maximum absolute atomic E-state index is 12.3. The van der Waals surface area contributed by atoms with Crippen LogP contribution in [0.2, 0.25) is 5.02 Å². The van der Waals surface area contributed by atoms with Crippen LogP contribution in [-0.4, -0.2) is 11.1 Å². The van der Waals surface area contributed by atoms with E-state index in [2.05, 4.69) is 10.3 Å². The van der Waals surface area contributed by atoms with Gasteiger partial charge in [0.1, 0.15) is 12.4 Å². The Kier molecular flexibility index (Phi) is 5.98. The molecule has 0 saturated carbocycles. The summed E-state index contributed by atoms with van der Waals surface area (Å²) in [6.07, 6.45) is 1.83. The third-order valence-electron chi connectivity index (χ3n) is 4.15. The van der Waals surface area contributed by atoms with Crippen molar-refractivity contribution in [3.05, 3.63) is 99.9 Å². The molecule has 1 saturated heterocycles. The third kappa shape index (κ3) is 5.08. The molecule has 4 nitrogen and oxygen atoms in total. The quantitative estimate of drug-likeness (QED) is 0.530. The Morgan fingerprint density at radius 1 is 1.00 bits per heavy atom. The summed E-state index contributed by atoms with van der Waals surface area (Å²) in [6, 6.07) is 24.7. The minimum absolute atomic E-state index is 0.160. The maximum Gasteiger partial charge on any atom is 0.264 e. The summed E-state index contributed by atoms with van der Waals surface area (Å²) < 4.78 is 5.86. The number of carbonyl (C=O) groups excluding carboxylic acids is 1. The van der Waals surface area contributed by atoms with Crippen LogP contribution >= 0.6 is 23.4 Å². The lowest BCUT2D eigenvalue weighted by molar-refractivity contribution is -0.115. The molecular weight excluding hydrogens is 404 g/mol. The second-order valence-corrected chi connectivity index (χ2v) is 7.71. The topological polar surface area (TPSA) is 50.7 Å². The zero-order valence-electron chi connectivity index (χ0n) is 15.3. The molecule has 29 heavy (non-hydrogen) atoms. The molecule has 1 fully saturated rings. The Bertz CT molecular complexity index is 1100. The van der Waals surface area contributed by atoms with Gasteiger partial charge in [-0.15, -0.1) is 0 Å². The molecule has 1 N–H and O–H groups in total. The molecule has 1 heterocycles. The van der Waals surface area contributed by atoms with Crippen LogP contribution in [0.15, 0.2) is 88.8 Å². The highest BCUT2D eigenvalue weighted by atomic mass is 35.5. The van der Waals surface area contributed by atoms with Crippen molar-refractivity contribution in [2.75, 3.05) is 0 Å². The van der Waals surface area contributed by atoms with E-state index in [0.717, 1.165) is 16.8 Å². The predicted molar refractivity (Wildman–Crippen MR) is 119 cm³/mol. The molecule has 1 amide bonds. The molecule has 0 atom stereocenters. The molecule has 0 aromatic heterocycles. The summed E-state index contributed by atoms with van der Waals surface area (Å²) in [4.78, 5) is 17.3. The van der Waals surface area contributed by atoms with Gasteiger partial charge in [0.2, 0.25) is 0 Å². The zero-order valence-corrected chi connectivity index (χ0v) is 16.9. The lowest BCUT2D eigenvalue weighted by Crippen LogP contribution is -2.19. The number of amidine groups is 1. The molecule has 3 aromatic carbocycles. The van der Waals surface area contributed by atoms with E-state index in [9.17, 15) is 4.79 Å². The first kappa shape index (κ1) is 19.3. The number of halogens is 1. The van der Waals surface area contributed by atoms with Crippen LogP contribution in [0, 0.1) is 0 Å². The molecule has 0 aliphatic carbocycles. The fourth-order valence-electron chi connectivity index (χ4n) is 2.72. The number of nitrogens with one attached hydrogen (secondary N) is 1. The van der Waals surface area contributed by atoms with Gasteiger partial charge >= 0.3 is 0 Å². The van der Waals surface area contributed by atoms with Crippen molar-refractivity contribution in [1.29, 1.82) is 0 Å². The van der Waals surface area contributed by atoms with Gasteiger partial charge in [-0.1, -0.05) is 60.1 Å². The largest absolute Gasteiger partial charge is 0.489 e. The van der Waals surface area contributed by atoms with Gasteiger partial charge < -0.3 is 10.1 Å². The number of nitrogens with zero attached hydrogens (tertiary/aromatic N) is 1. The van der Waals surface area contributed by atoms with Crippen molar-refractivity contribution in [3.63, 3.8) is 0 Å². The van der Waals surface area contributed by atoms with Crippen LogP contribution in [0.5, 0.6) is 5.75 Å². The number of thioether (sulfide) groups is 1. The molecule has 144 valence electrons. The number of rotatable bonds is 5. The van der Waals surface area contributed by atoms with Crippen LogP contribution < -0.4 is 10.1 Å². The van der Waals surface area contributed by atoms with Crippen molar-refractivity contribution in [3.8, 4) is 5.75 Å². The highest BCUT2D eigenvalue weighted by Gasteiger charge is 2.23. The highest BCUT2D eigenvalue weighted by molar-refractivity contribution is 8.18. The van der Waals surface area contributed by atoms with Gasteiger partial charge in [-0.05, 0) is 53.7 Å². The van der Waals surface area contributed by atoms with Crippen molar-refractivity contribution >= 4 is 46.2 Å². The van der Waals surface area contributed by atoms with Gasteiger partial charge in [-0.2, -0.15) is 0 Å². The van der Waals surface area contributed by atoms with Crippen molar-refractivity contribution in [2.24, 2.45) is 4.99 Å². The van der Waals surface area contributed by atoms with Gasteiger partial charge in [0.05, 0.1) is 10.6 Å². The first-order valence-corrected chi connectivity index (χ1v) is 10.2. The molecule has 0 spiro atoms. The SMILES string of the molecule is O=C1NC(=Nc2ccccc2)S/C1=C/c1cccc(OCc2ccccc2Cl)c1. The summed E-state index contributed by atoms with van der Waals surface area (Å²) in [5.41, 5.74) is 2.59. The summed E-state index contributed by atoms with van der Waals surface area (Å²) in [7, 11) is 0. The number of amides is 1. The number of hydrogen-bond acceptors (Lipinski definition) is 4. The van der Waals surface area contributed by atoms with E-state index in [1.807, 2.05) is 84.9 Å². The smallest absolute Gasteiger partial charge is 0.264 e. The summed E-state index contributed by atoms with van der Waals surface area (Å²) in [5, 5.41) is 4.04. The van der Waals surface area contributed by atoms with E-state index in [1.54, 1.807) is 0 Å². The number of hydrogen-bond donors (Lipinski definition) is 1. The second-order valence-electron chi connectivity index (χ2n) is 6.27. The van der Waals surface area contributed by atoms with E-state index >= 15 is 0 Å². The number of carbonyl (C=O) groups is 1. The number of ether oxygens (including phenoxy) is 1. The first-order chi connectivity index (χ1) is 14.2. The minimum atomic E-state index is -0.160. The Balaban J connectivity index is 1.47. The molecule has 0 bridgehead atoms. The third-order valence-corrected chi connectivity index (χ3v) is 5.42. The van der Waals surface area contributed by atoms with Crippen molar-refractivity contribution in [2.45, 2.75) is 6.61 Å². The maximum atomic E-state index is 12.3. The highest BCUT2D eigenvalue weighted by Crippen LogP contribution is 2.29. The number of benzene rings is 3. The van der Waals surface area contributed by atoms with Crippen LogP contribution in [0.4, 0.5) is 5.69 Å². The Morgan fingerprint density at radius 3 is 2.62 bits per heavy atom. The Labute approximate surface area is 178 Å². The fraction of sp³-hybridized carbons (Fsp3) is 0.0435. The van der Waals surface area contributed by atoms with Crippen LogP contribution in [0.25, 0.3) is 6.08 Å². The molecule has 3 aromatic rings. The molecular formula is C23H17ClN2O2S. The zero-order chi connectivity index (χ0) is 20.1. The lowest BCUT2D eigenvalue weighted by Gasteiger charge is -2.08. The van der Waals surface area contributed by atoms with E-state index in [1.165, 1.54) is 11.8 Å². The van der Waals surface area contributed by atoms with Crippen LogP contribution in [-0.2, 0) is 11.4 Å². The minimum Gasteiger partial charge on any atom is -0.489 e. The normalized spacial score (nSPS) is 16.2. The second kappa shape index (κ2) is 8.99. The van der Waals surface area contributed by atoms with E-state index in [-0.39, 0.29) is 5.91 Å². The van der Waals surface area contributed by atoms with Crippen LogP contribution in [0.1, 0.15) is 11.1 Å². The van der Waals surface area contributed by atoms with Gasteiger partial charge in [0.15, 0.2) is 5.17 Å². The van der Waals surface area contributed by atoms with Gasteiger partial charge in [-0.25, -0.2) is 4.99 Å². The molecule has 1 aliphatic heterocycles. The molecule has 0 unspecified atom stereocenters. The number of aliphatic imine (C=N–C) groups is 1. The van der Waals surface area contributed by atoms with Gasteiger partial charge in [-0.3, -0.25) is 4.79 Å². The summed E-state index contributed by atoms with van der Waals surface area (Å²) in [5.74, 6) is 0.549. The standard InChI is InChI=1S/C23H17ClN2O2S/c24-20-12-5-4-8-17(20)15-28-19-11-6-7-16(13-19)14-21-22(27)26-23(29-21)25-18-9-2-1-3-10-18/h1-14H,15H2,(H,25,26,27)/b21-14+. The van der Waals surface area contributed by atoms with E-state index in [4.69, 9.17) is 16.3 Å². The fourth-order valence-corrected chi connectivity index (χ4v) is 3.75. The van der Waals surface area contributed by atoms with E-state index in [0.29, 0.717) is 27.5 Å². The monoisotopic (exact) mass is 420 g/mol. The summed E-state index contributed by atoms with van der Waals surface area (Å²) in [6.45, 7) is 0.378. The van der Waals surface area contributed by atoms with E-state index < -0.39 is 0 Å².